The van der Waals surface area contributed by atoms with Crippen molar-refractivity contribution in [2.45, 2.75) is 43.4 Å². The fourth-order valence-corrected chi connectivity index (χ4v) is 4.07. The summed E-state index contributed by atoms with van der Waals surface area (Å²) in [6.45, 7) is 4.50. The predicted molar refractivity (Wildman–Crippen MR) is 143 cm³/mol. The molecule has 0 atom stereocenters. The second-order valence-corrected chi connectivity index (χ2v) is 9.59. The van der Waals surface area contributed by atoms with Crippen LogP contribution in [0.15, 0.2) is 71.6 Å². The lowest BCUT2D eigenvalue weighted by molar-refractivity contribution is -0.120. The van der Waals surface area contributed by atoms with Crippen LogP contribution in [0.1, 0.15) is 39.2 Å². The Morgan fingerprint density at radius 2 is 1.63 bits per heavy atom. The number of hydrogen-bond acceptors (Lipinski definition) is 5. The zero-order valence-corrected chi connectivity index (χ0v) is 21.0. The van der Waals surface area contributed by atoms with E-state index in [1.54, 1.807) is 0 Å². The first-order valence-corrected chi connectivity index (χ1v) is 11.8. The van der Waals surface area contributed by atoms with E-state index in [9.17, 15) is 4.79 Å². The molecule has 2 aliphatic rings. The summed E-state index contributed by atoms with van der Waals surface area (Å²) < 4.78 is 10.9. The Morgan fingerprint density at radius 1 is 0.971 bits per heavy atom. The SMILES string of the molecule is CC(C)CO.O.O.O=C(Cc1cccc(-c2ccc(S)cc2)c1)C1(c2ccc3c(c2)OCO3)CC1.[HH]. The number of carbonyl (C=O) groups excluding carboxylic acids is 1. The van der Waals surface area contributed by atoms with E-state index in [1.165, 1.54) is 0 Å². The molecule has 1 saturated carbocycles. The van der Waals surface area contributed by atoms with E-state index < -0.39 is 0 Å². The number of hydrogen-bond donors (Lipinski definition) is 2. The Kier molecular flexibility index (Phi) is 9.92. The molecular formula is C28H36O6S. The molecule has 3 aromatic carbocycles. The fraction of sp³-hybridized carbons (Fsp3) is 0.321. The largest absolute Gasteiger partial charge is 0.454 e. The van der Waals surface area contributed by atoms with Gasteiger partial charge < -0.3 is 25.5 Å². The number of thiol groups is 1. The first-order chi connectivity index (χ1) is 15.9. The molecule has 3 aromatic rings. The summed E-state index contributed by atoms with van der Waals surface area (Å²) in [5, 5.41) is 8.14. The van der Waals surface area contributed by atoms with Gasteiger partial charge in [0.05, 0.1) is 5.41 Å². The minimum absolute atomic E-state index is 0. The minimum atomic E-state index is -0.370. The molecule has 1 heterocycles. The third kappa shape index (κ3) is 6.64. The molecule has 1 aliphatic carbocycles. The van der Waals surface area contributed by atoms with Gasteiger partial charge in [0.25, 0.3) is 0 Å². The van der Waals surface area contributed by atoms with Gasteiger partial charge in [-0.3, -0.25) is 4.79 Å². The van der Waals surface area contributed by atoms with Gasteiger partial charge in [0.2, 0.25) is 6.79 Å². The molecule has 1 aliphatic heterocycles. The van der Waals surface area contributed by atoms with Crippen molar-refractivity contribution in [1.82, 2.24) is 0 Å². The lowest BCUT2D eigenvalue weighted by Crippen LogP contribution is -2.22. The molecule has 5 N–H and O–H groups in total. The van der Waals surface area contributed by atoms with Crippen molar-refractivity contribution in [3.8, 4) is 22.6 Å². The van der Waals surface area contributed by atoms with Gasteiger partial charge >= 0.3 is 0 Å². The van der Waals surface area contributed by atoms with Gasteiger partial charge in [-0.1, -0.05) is 56.3 Å². The molecule has 0 unspecified atom stereocenters. The van der Waals surface area contributed by atoms with Crippen LogP contribution in [0.5, 0.6) is 11.5 Å². The van der Waals surface area contributed by atoms with Crippen molar-refractivity contribution >= 4 is 18.4 Å². The summed E-state index contributed by atoms with van der Waals surface area (Å²) in [6.07, 6.45) is 2.23. The van der Waals surface area contributed by atoms with Crippen molar-refractivity contribution in [3.05, 3.63) is 77.9 Å². The average molecular weight is 501 g/mol. The van der Waals surface area contributed by atoms with Crippen LogP contribution in [0.25, 0.3) is 11.1 Å². The number of ketones is 1. The van der Waals surface area contributed by atoms with Crippen molar-refractivity contribution in [3.63, 3.8) is 0 Å². The van der Waals surface area contributed by atoms with Gasteiger partial charge in [0, 0.05) is 19.3 Å². The summed E-state index contributed by atoms with van der Waals surface area (Å²) in [4.78, 5) is 14.1. The average Bonchev–Trinajstić information content (AvgIpc) is 3.51. The number of aliphatic hydroxyl groups is 1. The summed E-state index contributed by atoms with van der Waals surface area (Å²) in [6, 6.07) is 22.2. The molecular weight excluding hydrogens is 464 g/mol. The Morgan fingerprint density at radius 3 is 2.26 bits per heavy atom. The van der Waals surface area contributed by atoms with Gasteiger partial charge in [-0.15, -0.1) is 12.6 Å². The van der Waals surface area contributed by atoms with Gasteiger partial charge in [-0.05, 0) is 65.3 Å². The van der Waals surface area contributed by atoms with E-state index in [2.05, 4.69) is 36.9 Å². The second-order valence-electron chi connectivity index (χ2n) is 9.07. The Labute approximate surface area is 213 Å². The monoisotopic (exact) mass is 500 g/mol. The number of rotatable bonds is 6. The van der Waals surface area contributed by atoms with E-state index in [1.807, 2.05) is 56.3 Å². The predicted octanol–water partition coefficient (Wildman–Crippen LogP) is 4.45. The van der Waals surface area contributed by atoms with Crippen LogP contribution in [0, 0.1) is 5.92 Å². The summed E-state index contributed by atoms with van der Waals surface area (Å²) >= 11 is 4.35. The highest BCUT2D eigenvalue weighted by molar-refractivity contribution is 7.80. The number of Topliss-reactive ketones (excluding diaryl/α,β-unsaturated/α-hetero) is 1. The van der Waals surface area contributed by atoms with Crippen molar-refractivity contribution in [2.24, 2.45) is 5.92 Å². The standard InChI is InChI=1S/C24H20O3S.C4H10O.2H2O.H2/c25-23(24(10-11-24)19-6-9-21-22(14-19)27-15-26-21)13-16-2-1-3-18(12-16)17-4-7-20(28)8-5-17;1-4(2)3-5;;;/h1-9,12,14,28H,10-11,13,15H2;4-5H,3H2,1-2H3;2*1H2;1H. The topological polar surface area (TPSA) is 119 Å². The van der Waals surface area contributed by atoms with E-state index in [-0.39, 0.29) is 30.4 Å². The maximum absolute atomic E-state index is 13.2. The molecule has 35 heavy (non-hydrogen) atoms. The normalized spacial score (nSPS) is 14.2. The highest BCUT2D eigenvalue weighted by Gasteiger charge is 2.50. The number of ether oxygens (including phenoxy) is 2. The van der Waals surface area contributed by atoms with E-state index in [0.29, 0.717) is 18.9 Å². The lowest BCUT2D eigenvalue weighted by atomic mass is 9.87. The summed E-state index contributed by atoms with van der Waals surface area (Å²) in [7, 11) is 0. The molecule has 0 aromatic heterocycles. The lowest BCUT2D eigenvalue weighted by Gasteiger charge is -2.15. The highest BCUT2D eigenvalue weighted by atomic mass is 32.1. The molecule has 0 bridgehead atoms. The van der Waals surface area contributed by atoms with Crippen LogP contribution in [-0.4, -0.2) is 35.2 Å². The maximum atomic E-state index is 13.2. The molecule has 5 rings (SSSR count). The van der Waals surface area contributed by atoms with Gasteiger partial charge in [-0.2, -0.15) is 0 Å². The van der Waals surface area contributed by atoms with Crippen molar-refractivity contribution < 1.29 is 31.8 Å². The number of fused-ring (bicyclic) bond motifs is 1. The third-order valence-electron chi connectivity index (χ3n) is 6.07. The smallest absolute Gasteiger partial charge is 0.231 e. The Balaban J connectivity index is 0.000000743. The van der Waals surface area contributed by atoms with E-state index >= 15 is 0 Å². The van der Waals surface area contributed by atoms with Crippen LogP contribution in [-0.2, 0) is 16.6 Å². The number of carbonyl (C=O) groups is 1. The Bertz CT molecular complexity index is 1130. The van der Waals surface area contributed by atoms with Gasteiger partial charge in [-0.25, -0.2) is 0 Å². The molecule has 0 radical (unpaired) electrons. The van der Waals surface area contributed by atoms with Gasteiger partial charge in [0.15, 0.2) is 11.5 Å². The van der Waals surface area contributed by atoms with Crippen molar-refractivity contribution in [1.29, 1.82) is 0 Å². The van der Waals surface area contributed by atoms with Crippen LogP contribution in [0.4, 0.5) is 0 Å². The molecule has 6 nitrogen and oxygen atoms in total. The first-order valence-electron chi connectivity index (χ1n) is 11.3. The molecule has 1 fully saturated rings. The zero-order valence-electron chi connectivity index (χ0n) is 20.1. The van der Waals surface area contributed by atoms with Crippen LogP contribution in [0.3, 0.4) is 0 Å². The number of aliphatic hydroxyl groups excluding tert-OH is 1. The minimum Gasteiger partial charge on any atom is -0.454 e. The molecule has 7 heteroatoms. The highest BCUT2D eigenvalue weighted by Crippen LogP contribution is 2.51. The molecule has 190 valence electrons. The Hall–Kier alpha value is -2.84. The van der Waals surface area contributed by atoms with Gasteiger partial charge in [0.1, 0.15) is 5.78 Å². The van der Waals surface area contributed by atoms with E-state index in [0.717, 1.165) is 51.5 Å². The summed E-state index contributed by atoms with van der Waals surface area (Å²) in [5.74, 6) is 2.21. The first kappa shape index (κ1) is 28.4. The summed E-state index contributed by atoms with van der Waals surface area (Å²) in [5.41, 5.74) is 3.97. The fourth-order valence-electron chi connectivity index (χ4n) is 3.92. The number of benzene rings is 3. The third-order valence-corrected chi connectivity index (χ3v) is 6.36. The second kappa shape index (κ2) is 12.2. The van der Waals surface area contributed by atoms with Crippen LogP contribution < -0.4 is 9.47 Å². The molecule has 0 saturated heterocycles. The molecule has 0 amide bonds. The van der Waals surface area contributed by atoms with Crippen LogP contribution >= 0.6 is 12.6 Å². The van der Waals surface area contributed by atoms with Crippen molar-refractivity contribution in [2.75, 3.05) is 13.4 Å². The maximum Gasteiger partial charge on any atom is 0.231 e. The molecule has 0 spiro atoms. The zero-order chi connectivity index (χ0) is 23.4. The van der Waals surface area contributed by atoms with E-state index in [4.69, 9.17) is 14.6 Å². The quantitative estimate of drug-likeness (QED) is 0.486. The van der Waals surface area contributed by atoms with Crippen LogP contribution in [0.2, 0.25) is 0 Å².